The molecule has 3 N–H and O–H groups in total. The maximum atomic E-state index is 12.1. The predicted molar refractivity (Wildman–Crippen MR) is 45.5 cm³/mol. The van der Waals surface area contributed by atoms with E-state index in [1.54, 1.807) is 0 Å². The summed E-state index contributed by atoms with van der Waals surface area (Å²) in [4.78, 5) is 0. The zero-order valence-electron chi connectivity index (χ0n) is 7.67. The van der Waals surface area contributed by atoms with E-state index >= 15 is 0 Å². The van der Waals surface area contributed by atoms with Gasteiger partial charge in [0.2, 0.25) is 0 Å². The first-order chi connectivity index (χ1) is 5.95. The first-order valence-corrected chi connectivity index (χ1v) is 3.64. The Labute approximate surface area is 122 Å². The number of aliphatic hydroxyl groups is 1. The second-order valence-corrected chi connectivity index (χ2v) is 2.69. The molecule has 0 unspecified atom stereocenters. The fraction of sp³-hybridized carbons (Fsp3) is 0.143. The van der Waals surface area contributed by atoms with Gasteiger partial charge in [-0.05, 0) is 0 Å². The second-order valence-electron chi connectivity index (χ2n) is 2.69. The molecule has 0 aliphatic carbocycles. The summed E-state index contributed by atoms with van der Waals surface area (Å²) in [6, 6.07) is 2.94. The van der Waals surface area contributed by atoms with Crippen molar-refractivity contribution >= 4 is 18.1 Å². The van der Waals surface area contributed by atoms with Crippen LogP contribution in [-0.4, -0.2) is 12.1 Å². The molecule has 1 aromatic carbocycles. The van der Waals surface area contributed by atoms with Gasteiger partial charge >= 0.3 is 58.4 Å². The van der Waals surface area contributed by atoms with E-state index in [1.807, 2.05) is 0 Å². The molecule has 14 heavy (non-hydrogen) atoms. The molecule has 1 rings (SSSR count). The van der Waals surface area contributed by atoms with E-state index in [4.69, 9.17) is 10.8 Å². The van der Waals surface area contributed by atoms with Gasteiger partial charge in [0.15, 0.2) is 0 Å². The minimum atomic E-state index is -5.01. The Bertz CT molecular complexity index is 318. The third kappa shape index (κ3) is 3.56. The molecule has 0 aromatic heterocycles. The maximum Gasteiger partial charge on any atom is 1.00 e. The molecule has 0 atom stereocenters. The Balaban J connectivity index is 0.00000169. The number of nitrogens with two attached hydrogens (primary N) is 1. The quantitative estimate of drug-likeness (QED) is 0.447. The number of nitrogen functional groups attached to an aromatic ring is 1. The Hall–Kier alpha value is 0.471. The van der Waals surface area contributed by atoms with Gasteiger partial charge in [-0.25, -0.2) is 0 Å². The maximum absolute atomic E-state index is 12.1. The Morgan fingerprint density at radius 3 is 2.21 bits per heavy atom. The molecule has 0 spiro atoms. The van der Waals surface area contributed by atoms with Crippen molar-refractivity contribution in [1.82, 2.24) is 0 Å². The van der Waals surface area contributed by atoms with Crippen molar-refractivity contribution in [1.29, 1.82) is 0 Å². The molecule has 2 nitrogen and oxygen atoms in total. The van der Waals surface area contributed by atoms with Gasteiger partial charge in [-0.1, -0.05) is 18.2 Å². The molecule has 72 valence electrons. The van der Waals surface area contributed by atoms with Crippen LogP contribution < -0.4 is 62.6 Å². The van der Waals surface area contributed by atoms with Gasteiger partial charge in [-0.2, -0.15) is 0 Å². The first-order valence-electron chi connectivity index (χ1n) is 3.64. The Kier molecular flexibility index (Phi) is 5.71. The smallest absolute Gasteiger partial charge is 0.445 e. The molecule has 0 amide bonds. The minimum absolute atomic E-state index is 0. The number of rotatable bonds is 2. The first kappa shape index (κ1) is 14.5. The molecule has 0 aliphatic heterocycles. The van der Waals surface area contributed by atoms with Crippen molar-refractivity contribution in [2.45, 2.75) is 6.61 Å². The SMILES string of the molecule is Nc1cc([B-](F)(F)F)ccc1CO.[K+]. The summed E-state index contributed by atoms with van der Waals surface area (Å²) >= 11 is 0. The summed E-state index contributed by atoms with van der Waals surface area (Å²) in [5, 5.41) is 8.66. The van der Waals surface area contributed by atoms with E-state index < -0.39 is 12.4 Å². The zero-order chi connectivity index (χ0) is 10.1. The van der Waals surface area contributed by atoms with Crippen LogP contribution in [0.5, 0.6) is 0 Å². The fourth-order valence-electron chi connectivity index (χ4n) is 0.961. The molecule has 0 aliphatic rings. The fourth-order valence-corrected chi connectivity index (χ4v) is 0.961. The summed E-state index contributed by atoms with van der Waals surface area (Å²) in [5.41, 5.74) is 4.82. The molecule has 0 heterocycles. The number of hydrogen-bond donors (Lipinski definition) is 2. The van der Waals surface area contributed by atoms with Gasteiger partial charge in [0, 0.05) is 11.3 Å². The molecule has 0 saturated carbocycles. The van der Waals surface area contributed by atoms with E-state index in [1.165, 1.54) is 6.07 Å². The molecule has 1 aromatic rings. The Morgan fingerprint density at radius 1 is 1.29 bits per heavy atom. The predicted octanol–water partition coefficient (Wildman–Crippen LogP) is -2.18. The van der Waals surface area contributed by atoms with E-state index in [-0.39, 0.29) is 63.7 Å². The molecular weight excluding hydrogens is 221 g/mol. The second kappa shape index (κ2) is 5.53. The Morgan fingerprint density at radius 2 is 1.86 bits per heavy atom. The van der Waals surface area contributed by atoms with E-state index in [0.29, 0.717) is 5.56 Å². The van der Waals surface area contributed by atoms with Crippen LogP contribution in [-0.2, 0) is 6.61 Å². The molecule has 0 bridgehead atoms. The van der Waals surface area contributed by atoms with Crippen LogP contribution >= 0.6 is 0 Å². The van der Waals surface area contributed by atoms with Gasteiger partial charge < -0.3 is 23.8 Å². The molecule has 7 heteroatoms. The number of benzene rings is 1. The van der Waals surface area contributed by atoms with Crippen LogP contribution in [0.1, 0.15) is 5.56 Å². The molecule has 0 fully saturated rings. The average molecular weight is 229 g/mol. The summed E-state index contributed by atoms with van der Waals surface area (Å²) in [6.07, 6.45) is 0. The topological polar surface area (TPSA) is 46.2 Å². The third-order valence-electron chi connectivity index (χ3n) is 1.72. The summed E-state index contributed by atoms with van der Waals surface area (Å²) in [6.45, 7) is -5.36. The van der Waals surface area contributed by atoms with Gasteiger partial charge in [-0.3, -0.25) is 0 Å². The van der Waals surface area contributed by atoms with Gasteiger partial charge in [-0.15, -0.1) is 5.46 Å². The van der Waals surface area contributed by atoms with Crippen LogP contribution in [0, 0.1) is 0 Å². The van der Waals surface area contributed by atoms with Crippen molar-refractivity contribution in [3.05, 3.63) is 23.8 Å². The van der Waals surface area contributed by atoms with Crippen molar-refractivity contribution in [3.63, 3.8) is 0 Å². The summed E-state index contributed by atoms with van der Waals surface area (Å²) < 4.78 is 36.4. The van der Waals surface area contributed by atoms with Crippen molar-refractivity contribution in [2.24, 2.45) is 0 Å². The van der Waals surface area contributed by atoms with E-state index in [2.05, 4.69) is 0 Å². The van der Waals surface area contributed by atoms with Crippen molar-refractivity contribution < 1.29 is 69.4 Å². The van der Waals surface area contributed by atoms with Crippen molar-refractivity contribution in [3.8, 4) is 0 Å². The number of halogens is 3. The van der Waals surface area contributed by atoms with Gasteiger partial charge in [0.25, 0.3) is 0 Å². The zero-order valence-corrected chi connectivity index (χ0v) is 10.8. The van der Waals surface area contributed by atoms with Crippen LogP contribution in [0.25, 0.3) is 0 Å². The molecule has 0 radical (unpaired) electrons. The van der Waals surface area contributed by atoms with Crippen LogP contribution in [0.2, 0.25) is 0 Å². The van der Waals surface area contributed by atoms with Crippen LogP contribution in [0.3, 0.4) is 0 Å². The molecule has 0 saturated heterocycles. The molecular formula is C7H8BF3KNO. The largest absolute Gasteiger partial charge is 1.00 e. The summed E-state index contributed by atoms with van der Waals surface area (Å²) in [7, 11) is 0. The minimum Gasteiger partial charge on any atom is -0.445 e. The van der Waals surface area contributed by atoms with E-state index in [9.17, 15) is 12.9 Å². The van der Waals surface area contributed by atoms with E-state index in [0.717, 1.165) is 12.1 Å². The third-order valence-corrected chi connectivity index (χ3v) is 1.72. The number of hydrogen-bond acceptors (Lipinski definition) is 2. The number of anilines is 1. The van der Waals surface area contributed by atoms with Gasteiger partial charge in [0.1, 0.15) is 0 Å². The van der Waals surface area contributed by atoms with Crippen LogP contribution in [0.15, 0.2) is 18.2 Å². The standard InChI is InChI=1S/C7H8BF3NO.K/c9-8(10,11)6-2-1-5(4-13)7(12)3-6;/h1-3,13H,4,12H2;/q-1;+1. The summed E-state index contributed by atoms with van der Waals surface area (Å²) in [5.74, 6) is 0. The number of aliphatic hydroxyl groups excluding tert-OH is 1. The normalized spacial score (nSPS) is 10.9. The van der Waals surface area contributed by atoms with Crippen LogP contribution in [0.4, 0.5) is 18.6 Å². The van der Waals surface area contributed by atoms with Gasteiger partial charge in [0.05, 0.1) is 6.61 Å². The van der Waals surface area contributed by atoms with Crippen molar-refractivity contribution in [2.75, 3.05) is 5.73 Å². The average Bonchev–Trinajstić information content (AvgIpc) is 2.02. The monoisotopic (exact) mass is 229 g/mol.